The molecule has 0 unspecified atom stereocenters. The number of rotatable bonds is 8. The van der Waals surface area contributed by atoms with Crippen LogP contribution >= 0.6 is 11.8 Å². The second-order valence-electron chi connectivity index (χ2n) is 8.68. The van der Waals surface area contributed by atoms with Crippen LogP contribution in [0.5, 0.6) is 0 Å². The average Bonchev–Trinajstić information content (AvgIpc) is 3.22. The van der Waals surface area contributed by atoms with Gasteiger partial charge in [-0.1, -0.05) is 69.1 Å². The number of carbonyl (C=O) groups is 1. The summed E-state index contributed by atoms with van der Waals surface area (Å²) in [6.45, 7) is 4.90. The molecule has 2 aromatic heterocycles. The molecule has 1 aliphatic rings. The fourth-order valence-corrected chi connectivity index (χ4v) is 4.64. The molecule has 1 aromatic carbocycles. The zero-order valence-electron chi connectivity index (χ0n) is 18.6. The van der Waals surface area contributed by atoms with Gasteiger partial charge in [-0.3, -0.25) is 4.79 Å². The lowest BCUT2D eigenvalue weighted by Crippen LogP contribution is -2.19. The lowest BCUT2D eigenvalue weighted by molar-refractivity contribution is -0.123. The largest absolute Gasteiger partial charge is 0.350 e. The number of hydrogen-bond acceptors (Lipinski definition) is 6. The van der Waals surface area contributed by atoms with Crippen molar-refractivity contribution in [2.75, 3.05) is 11.6 Å². The van der Waals surface area contributed by atoms with Gasteiger partial charge in [0.15, 0.2) is 10.8 Å². The van der Waals surface area contributed by atoms with Gasteiger partial charge in [0.05, 0.1) is 6.20 Å². The molecule has 7 heteroatoms. The number of nitrogens with one attached hydrogen (secondary N) is 1. The van der Waals surface area contributed by atoms with Gasteiger partial charge in [-0.15, -0.1) is 0 Å². The summed E-state index contributed by atoms with van der Waals surface area (Å²) in [5, 5.41) is 8.66. The van der Waals surface area contributed by atoms with Crippen LogP contribution in [0.25, 0.3) is 5.65 Å². The van der Waals surface area contributed by atoms with Crippen molar-refractivity contribution in [1.82, 2.24) is 19.6 Å². The quantitative estimate of drug-likeness (QED) is 0.484. The summed E-state index contributed by atoms with van der Waals surface area (Å²) < 4.78 is 1.78. The third kappa shape index (κ3) is 5.09. The van der Waals surface area contributed by atoms with E-state index in [9.17, 15) is 4.79 Å². The highest BCUT2D eigenvalue weighted by Crippen LogP contribution is 2.26. The molecule has 6 nitrogen and oxygen atoms in total. The summed E-state index contributed by atoms with van der Waals surface area (Å²) in [5.74, 6) is 1.67. The normalized spacial score (nSPS) is 15.0. The fraction of sp³-hybridized carbons (Fsp3) is 0.500. The smallest absolute Gasteiger partial charge is 0.228 e. The van der Waals surface area contributed by atoms with E-state index in [2.05, 4.69) is 52.4 Å². The molecule has 0 amide bonds. The SMILES string of the molecule is CSc1nc(NCc2cccc(CC(=O)C3CCCCC3)c2)n2ncc(C(C)C)c2n1. The van der Waals surface area contributed by atoms with Gasteiger partial charge in [-0.2, -0.15) is 14.6 Å². The minimum absolute atomic E-state index is 0.254. The van der Waals surface area contributed by atoms with Crippen molar-refractivity contribution in [2.24, 2.45) is 5.92 Å². The number of fused-ring (bicyclic) bond motifs is 1. The topological polar surface area (TPSA) is 72.2 Å². The van der Waals surface area contributed by atoms with Crippen molar-refractivity contribution in [2.45, 2.75) is 70.0 Å². The Bertz CT molecular complexity index is 1060. The van der Waals surface area contributed by atoms with E-state index in [-0.39, 0.29) is 5.92 Å². The van der Waals surface area contributed by atoms with Gasteiger partial charge in [0.25, 0.3) is 0 Å². The Morgan fingerprint density at radius 3 is 2.71 bits per heavy atom. The summed E-state index contributed by atoms with van der Waals surface area (Å²) in [4.78, 5) is 22.0. The molecule has 0 radical (unpaired) electrons. The Morgan fingerprint density at radius 2 is 1.97 bits per heavy atom. The predicted octanol–water partition coefficient (Wildman–Crippen LogP) is 5.27. The van der Waals surface area contributed by atoms with E-state index in [1.165, 1.54) is 31.0 Å². The molecular weight excluding hydrogens is 406 g/mol. The van der Waals surface area contributed by atoms with Crippen molar-refractivity contribution in [3.63, 3.8) is 0 Å². The molecule has 0 bridgehead atoms. The van der Waals surface area contributed by atoms with Gasteiger partial charge in [-0.25, -0.2) is 4.98 Å². The Hall–Kier alpha value is -2.41. The minimum atomic E-state index is 0.254. The maximum Gasteiger partial charge on any atom is 0.228 e. The lowest BCUT2D eigenvalue weighted by Gasteiger charge is -2.20. The molecule has 2 heterocycles. The fourth-order valence-electron chi connectivity index (χ4n) is 4.29. The number of ketones is 1. The van der Waals surface area contributed by atoms with Crippen molar-refractivity contribution < 1.29 is 4.79 Å². The zero-order valence-corrected chi connectivity index (χ0v) is 19.4. The number of Topliss-reactive ketones (excluding diaryl/α,β-unsaturated/α-hetero) is 1. The molecular formula is C24H31N5OS. The minimum Gasteiger partial charge on any atom is -0.350 e. The van der Waals surface area contributed by atoms with Crippen molar-refractivity contribution >= 4 is 29.1 Å². The number of nitrogens with zero attached hydrogens (tertiary/aromatic N) is 4. The van der Waals surface area contributed by atoms with Gasteiger partial charge in [-0.05, 0) is 36.1 Å². The molecule has 31 heavy (non-hydrogen) atoms. The molecule has 1 fully saturated rings. The van der Waals surface area contributed by atoms with Gasteiger partial charge >= 0.3 is 0 Å². The monoisotopic (exact) mass is 437 g/mol. The summed E-state index contributed by atoms with van der Waals surface area (Å²) in [6.07, 6.45) is 10.2. The third-order valence-corrected chi connectivity index (χ3v) is 6.61. The first-order chi connectivity index (χ1) is 15.0. The summed E-state index contributed by atoms with van der Waals surface area (Å²) >= 11 is 1.53. The average molecular weight is 438 g/mol. The Balaban J connectivity index is 1.48. The second-order valence-corrected chi connectivity index (χ2v) is 9.45. The second kappa shape index (κ2) is 9.81. The maximum atomic E-state index is 12.7. The number of anilines is 1. The first-order valence-corrected chi connectivity index (χ1v) is 12.4. The van der Waals surface area contributed by atoms with Crippen LogP contribution in [0.1, 0.15) is 68.6 Å². The summed E-state index contributed by atoms with van der Waals surface area (Å²) in [5.41, 5.74) is 4.18. The lowest BCUT2D eigenvalue weighted by atomic mass is 9.84. The molecule has 0 saturated heterocycles. The molecule has 164 valence electrons. The van der Waals surface area contributed by atoms with Gasteiger partial charge in [0, 0.05) is 24.4 Å². The highest BCUT2D eigenvalue weighted by Gasteiger charge is 2.21. The summed E-state index contributed by atoms with van der Waals surface area (Å²) in [7, 11) is 0. The molecule has 0 spiro atoms. The van der Waals surface area contributed by atoms with E-state index in [1.807, 2.05) is 18.5 Å². The van der Waals surface area contributed by atoms with E-state index in [4.69, 9.17) is 0 Å². The zero-order chi connectivity index (χ0) is 21.8. The van der Waals surface area contributed by atoms with Crippen LogP contribution in [-0.2, 0) is 17.8 Å². The van der Waals surface area contributed by atoms with Crippen molar-refractivity contribution in [3.05, 3.63) is 47.2 Å². The van der Waals surface area contributed by atoms with Crippen LogP contribution in [0, 0.1) is 5.92 Å². The Kier molecular flexibility index (Phi) is 6.90. The van der Waals surface area contributed by atoms with Crippen LogP contribution in [0.3, 0.4) is 0 Å². The number of carbonyl (C=O) groups excluding carboxylic acids is 1. The Labute approximate surface area is 188 Å². The van der Waals surface area contributed by atoms with E-state index < -0.39 is 0 Å². The van der Waals surface area contributed by atoms with Gasteiger partial charge in [0.1, 0.15) is 5.78 Å². The number of benzene rings is 1. The first-order valence-electron chi connectivity index (χ1n) is 11.2. The highest BCUT2D eigenvalue weighted by atomic mass is 32.2. The number of aromatic nitrogens is 4. The third-order valence-electron chi connectivity index (χ3n) is 6.06. The van der Waals surface area contributed by atoms with Crippen LogP contribution in [0.15, 0.2) is 35.6 Å². The maximum absolute atomic E-state index is 12.7. The number of thioether (sulfide) groups is 1. The van der Waals surface area contributed by atoms with E-state index in [0.717, 1.165) is 40.3 Å². The molecule has 4 rings (SSSR count). The number of hydrogen-bond donors (Lipinski definition) is 1. The van der Waals surface area contributed by atoms with Crippen LogP contribution in [0.2, 0.25) is 0 Å². The van der Waals surface area contributed by atoms with E-state index in [0.29, 0.717) is 30.6 Å². The van der Waals surface area contributed by atoms with Crippen molar-refractivity contribution in [1.29, 1.82) is 0 Å². The van der Waals surface area contributed by atoms with Gasteiger partial charge < -0.3 is 5.32 Å². The highest BCUT2D eigenvalue weighted by molar-refractivity contribution is 7.98. The Morgan fingerprint density at radius 1 is 1.19 bits per heavy atom. The molecule has 0 atom stereocenters. The van der Waals surface area contributed by atoms with E-state index in [1.54, 1.807) is 4.52 Å². The molecule has 1 aliphatic carbocycles. The van der Waals surface area contributed by atoms with Crippen LogP contribution < -0.4 is 5.32 Å². The molecule has 1 saturated carbocycles. The molecule has 1 N–H and O–H groups in total. The molecule has 0 aliphatic heterocycles. The van der Waals surface area contributed by atoms with E-state index >= 15 is 0 Å². The predicted molar refractivity (Wildman–Crippen MR) is 126 cm³/mol. The van der Waals surface area contributed by atoms with Gasteiger partial charge in [0.2, 0.25) is 5.95 Å². The summed E-state index contributed by atoms with van der Waals surface area (Å²) in [6, 6.07) is 8.30. The molecule has 3 aromatic rings. The van der Waals surface area contributed by atoms with Crippen LogP contribution in [-0.4, -0.2) is 31.6 Å². The van der Waals surface area contributed by atoms with Crippen molar-refractivity contribution in [3.8, 4) is 0 Å². The van der Waals surface area contributed by atoms with Crippen LogP contribution in [0.4, 0.5) is 5.95 Å². The first kappa shape index (κ1) is 21.8. The standard InChI is InChI=1S/C24H31N5OS/c1-16(2)20-15-26-29-22(20)27-24(31-3)28-23(29)25-14-18-9-7-8-17(12-18)13-21(30)19-10-5-4-6-11-19/h7-9,12,15-16,19H,4-6,10-11,13-14H2,1-3H3,(H,25,27,28).